The second kappa shape index (κ2) is 7.29. The van der Waals surface area contributed by atoms with E-state index in [9.17, 15) is 18.0 Å². The zero-order valence-corrected chi connectivity index (χ0v) is 15.1. The number of aryl methyl sites for hydroxylation is 2. The molecule has 0 aliphatic heterocycles. The summed E-state index contributed by atoms with van der Waals surface area (Å²) in [5.41, 5.74) is 3.58. The van der Waals surface area contributed by atoms with Gasteiger partial charge in [0.2, 0.25) is 10.0 Å². The zero-order chi connectivity index (χ0) is 18.7. The molecule has 2 aromatic rings. The number of fused-ring (bicyclic) bond motifs is 1. The molecule has 1 N–H and O–H groups in total. The van der Waals surface area contributed by atoms with E-state index >= 15 is 0 Å². The first kappa shape index (κ1) is 18.1. The minimum atomic E-state index is -3.37. The van der Waals surface area contributed by atoms with Crippen LogP contribution in [0.15, 0.2) is 42.5 Å². The van der Waals surface area contributed by atoms with Gasteiger partial charge in [-0.25, -0.2) is 13.2 Å². The predicted molar refractivity (Wildman–Crippen MR) is 98.0 cm³/mol. The molecule has 0 amide bonds. The Labute approximate surface area is 152 Å². The number of hydrogen-bond donors (Lipinski definition) is 1. The van der Waals surface area contributed by atoms with E-state index in [-0.39, 0.29) is 12.4 Å². The van der Waals surface area contributed by atoms with E-state index in [1.807, 2.05) is 12.1 Å². The SMILES string of the molecule is CS(=O)(=O)Nc1ccc(C(=O)COC(=O)c2ccc3c(c2)CCC3)cc1. The lowest BCUT2D eigenvalue weighted by molar-refractivity contribution is 0.0474. The van der Waals surface area contributed by atoms with Crippen molar-refractivity contribution < 1.29 is 22.7 Å². The van der Waals surface area contributed by atoms with Gasteiger partial charge in [-0.05, 0) is 66.8 Å². The Morgan fingerprint density at radius 1 is 1.00 bits per heavy atom. The summed E-state index contributed by atoms with van der Waals surface area (Å²) in [4.78, 5) is 24.3. The van der Waals surface area contributed by atoms with Gasteiger partial charge in [0.15, 0.2) is 12.4 Å². The third-order valence-corrected chi connectivity index (χ3v) is 4.79. The molecule has 2 aromatic carbocycles. The molecule has 0 aromatic heterocycles. The number of anilines is 1. The van der Waals surface area contributed by atoms with Crippen molar-refractivity contribution in [2.24, 2.45) is 0 Å². The van der Waals surface area contributed by atoms with Crippen LogP contribution in [-0.4, -0.2) is 33.0 Å². The van der Waals surface area contributed by atoms with Gasteiger partial charge >= 0.3 is 5.97 Å². The first-order valence-corrected chi connectivity index (χ1v) is 10.1. The second-order valence-electron chi connectivity index (χ2n) is 6.29. The van der Waals surface area contributed by atoms with Crippen molar-refractivity contribution >= 4 is 27.5 Å². The molecule has 0 saturated heterocycles. The van der Waals surface area contributed by atoms with E-state index in [4.69, 9.17) is 4.74 Å². The topological polar surface area (TPSA) is 89.5 Å². The molecule has 26 heavy (non-hydrogen) atoms. The Hall–Kier alpha value is -2.67. The number of hydrogen-bond acceptors (Lipinski definition) is 5. The number of ether oxygens (including phenoxy) is 1. The first-order chi connectivity index (χ1) is 12.3. The van der Waals surface area contributed by atoms with Crippen molar-refractivity contribution in [1.29, 1.82) is 0 Å². The van der Waals surface area contributed by atoms with Crippen LogP contribution >= 0.6 is 0 Å². The van der Waals surface area contributed by atoms with Crippen LogP contribution in [0.3, 0.4) is 0 Å². The summed E-state index contributed by atoms with van der Waals surface area (Å²) in [7, 11) is -3.37. The number of carbonyl (C=O) groups is 2. The van der Waals surface area contributed by atoms with Crippen LogP contribution in [0.2, 0.25) is 0 Å². The standard InChI is InChI=1S/C19H19NO5S/c1-26(23,24)20-17-9-7-14(8-10-17)18(21)12-25-19(22)16-6-5-13-3-2-4-15(13)11-16/h5-11,20H,2-4,12H2,1H3. The summed E-state index contributed by atoms with van der Waals surface area (Å²) in [5, 5.41) is 0. The number of ketones is 1. The summed E-state index contributed by atoms with van der Waals surface area (Å²) >= 11 is 0. The maximum absolute atomic E-state index is 12.1. The van der Waals surface area contributed by atoms with Crippen LogP contribution in [0.1, 0.15) is 38.3 Å². The molecule has 0 bridgehead atoms. The van der Waals surface area contributed by atoms with Crippen LogP contribution in [0.25, 0.3) is 0 Å². The lowest BCUT2D eigenvalue weighted by Crippen LogP contribution is -2.15. The van der Waals surface area contributed by atoms with Gasteiger partial charge in [-0.2, -0.15) is 0 Å². The fourth-order valence-corrected chi connectivity index (χ4v) is 3.50. The van der Waals surface area contributed by atoms with Gasteiger partial charge in [0.1, 0.15) is 0 Å². The zero-order valence-electron chi connectivity index (χ0n) is 14.3. The van der Waals surface area contributed by atoms with Gasteiger partial charge in [-0.3, -0.25) is 9.52 Å². The Balaban J connectivity index is 1.59. The molecule has 1 aliphatic carbocycles. The Kier molecular flexibility index (Phi) is 5.08. The maximum Gasteiger partial charge on any atom is 0.338 e. The summed E-state index contributed by atoms with van der Waals surface area (Å²) < 4.78 is 29.8. The minimum absolute atomic E-state index is 0.339. The number of carbonyl (C=O) groups excluding carboxylic acids is 2. The number of nitrogens with one attached hydrogen (secondary N) is 1. The summed E-state index contributed by atoms with van der Waals surface area (Å²) in [6.45, 7) is -0.366. The largest absolute Gasteiger partial charge is 0.454 e. The molecule has 0 saturated carbocycles. The second-order valence-corrected chi connectivity index (χ2v) is 8.04. The average Bonchev–Trinajstić information content (AvgIpc) is 3.06. The fourth-order valence-electron chi connectivity index (χ4n) is 2.93. The van der Waals surface area contributed by atoms with Crippen LogP contribution in [0.5, 0.6) is 0 Å². The summed E-state index contributed by atoms with van der Waals surface area (Å²) in [5.74, 6) is -0.881. The normalized spacial score (nSPS) is 13.1. The molecule has 136 valence electrons. The smallest absolute Gasteiger partial charge is 0.338 e. The molecule has 0 atom stereocenters. The number of esters is 1. The third-order valence-electron chi connectivity index (χ3n) is 4.18. The van der Waals surface area contributed by atoms with Crippen LogP contribution < -0.4 is 4.72 Å². The Morgan fingerprint density at radius 3 is 2.35 bits per heavy atom. The Bertz CT molecular complexity index is 948. The maximum atomic E-state index is 12.1. The van der Waals surface area contributed by atoms with Crippen LogP contribution in [0, 0.1) is 0 Å². The van der Waals surface area contributed by atoms with Crippen molar-refractivity contribution in [1.82, 2.24) is 0 Å². The van der Waals surface area contributed by atoms with Crippen molar-refractivity contribution in [3.63, 3.8) is 0 Å². The lowest BCUT2D eigenvalue weighted by Gasteiger charge is -2.07. The molecular formula is C19H19NO5S. The molecule has 6 nitrogen and oxygen atoms in total. The van der Waals surface area contributed by atoms with Crippen LogP contribution in [0.4, 0.5) is 5.69 Å². The average molecular weight is 373 g/mol. The van der Waals surface area contributed by atoms with Crippen molar-refractivity contribution in [2.75, 3.05) is 17.6 Å². The van der Waals surface area contributed by atoms with Gasteiger partial charge in [-0.1, -0.05) is 6.07 Å². The molecule has 0 heterocycles. The molecule has 0 spiro atoms. The molecule has 0 fully saturated rings. The molecule has 0 radical (unpaired) electrons. The van der Waals surface area contributed by atoms with Crippen molar-refractivity contribution in [2.45, 2.75) is 19.3 Å². The highest BCUT2D eigenvalue weighted by Crippen LogP contribution is 2.23. The van der Waals surface area contributed by atoms with E-state index in [0.29, 0.717) is 16.8 Å². The predicted octanol–water partition coefficient (Wildman–Crippen LogP) is 2.59. The van der Waals surface area contributed by atoms with E-state index in [0.717, 1.165) is 25.5 Å². The molecule has 0 unspecified atom stereocenters. The molecule has 1 aliphatic rings. The fraction of sp³-hybridized carbons (Fsp3) is 0.263. The minimum Gasteiger partial charge on any atom is -0.454 e. The van der Waals surface area contributed by atoms with E-state index in [2.05, 4.69) is 4.72 Å². The first-order valence-electron chi connectivity index (χ1n) is 8.22. The summed E-state index contributed by atoms with van der Waals surface area (Å²) in [6.07, 6.45) is 4.14. The highest BCUT2D eigenvalue weighted by molar-refractivity contribution is 7.92. The van der Waals surface area contributed by atoms with E-state index in [1.165, 1.54) is 35.4 Å². The Morgan fingerprint density at radius 2 is 1.65 bits per heavy atom. The van der Waals surface area contributed by atoms with Crippen molar-refractivity contribution in [3.05, 3.63) is 64.7 Å². The van der Waals surface area contributed by atoms with Gasteiger partial charge in [0.25, 0.3) is 0 Å². The number of rotatable bonds is 6. The summed E-state index contributed by atoms with van der Waals surface area (Å²) in [6, 6.07) is 11.4. The lowest BCUT2D eigenvalue weighted by atomic mass is 10.1. The van der Waals surface area contributed by atoms with Gasteiger partial charge < -0.3 is 4.74 Å². The number of Topliss-reactive ketones (excluding diaryl/α,β-unsaturated/α-hetero) is 1. The van der Waals surface area contributed by atoms with Gasteiger partial charge in [0.05, 0.1) is 11.8 Å². The highest BCUT2D eigenvalue weighted by Gasteiger charge is 2.16. The molecule has 7 heteroatoms. The molecular weight excluding hydrogens is 354 g/mol. The monoisotopic (exact) mass is 373 g/mol. The van der Waals surface area contributed by atoms with Crippen molar-refractivity contribution in [3.8, 4) is 0 Å². The van der Waals surface area contributed by atoms with Gasteiger partial charge in [-0.15, -0.1) is 0 Å². The quantitative estimate of drug-likeness (QED) is 0.621. The number of benzene rings is 2. The van der Waals surface area contributed by atoms with Gasteiger partial charge in [0, 0.05) is 11.3 Å². The number of sulfonamides is 1. The van der Waals surface area contributed by atoms with E-state index < -0.39 is 16.0 Å². The van der Waals surface area contributed by atoms with E-state index in [1.54, 1.807) is 6.07 Å². The highest BCUT2D eigenvalue weighted by atomic mass is 32.2. The third kappa shape index (κ3) is 4.49. The van der Waals surface area contributed by atoms with Crippen LogP contribution in [-0.2, 0) is 27.6 Å². The molecule has 3 rings (SSSR count).